The van der Waals surface area contributed by atoms with Crippen molar-refractivity contribution in [2.24, 2.45) is 0 Å². The molecule has 0 aromatic rings. The molecule has 0 amide bonds. The first-order chi connectivity index (χ1) is 3.79. The van der Waals surface area contributed by atoms with Crippen LogP contribution in [0.25, 0.3) is 0 Å². The lowest BCUT2D eigenvalue weighted by molar-refractivity contribution is -0.110. The minimum atomic E-state index is 0.0701. The van der Waals surface area contributed by atoms with Gasteiger partial charge in [0.2, 0.25) is 0 Å². The molecule has 0 radical (unpaired) electrons. The molecule has 0 saturated heterocycles. The van der Waals surface area contributed by atoms with Gasteiger partial charge in [0, 0.05) is 0 Å². The number of halogens is 1. The Labute approximate surface area is 56.2 Å². The molecule has 8 heavy (non-hydrogen) atoms. The van der Waals surface area contributed by atoms with Crippen LogP contribution in [0.15, 0.2) is 24.3 Å². The Morgan fingerprint density at radius 2 is 1.88 bits per heavy atom. The Balaban J connectivity index is 2.68. The maximum atomic E-state index is 10.4. The largest absolute Gasteiger partial charge is 0.290 e. The smallest absolute Gasteiger partial charge is 0.178 e. The van der Waals surface area contributed by atoms with Crippen LogP contribution in [-0.4, -0.2) is 10.6 Å². The molecule has 0 spiro atoms. The van der Waals surface area contributed by atoms with Crippen LogP contribution in [0.4, 0.5) is 0 Å². The number of hydrogen-bond donors (Lipinski definition) is 0. The molecule has 0 fully saturated rings. The summed E-state index contributed by atoms with van der Waals surface area (Å²) in [6.45, 7) is 0. The number of carbonyl (C=O) groups is 1. The van der Waals surface area contributed by atoms with Gasteiger partial charge in [-0.25, -0.2) is 0 Å². The predicted octanol–water partition coefficient (Wildman–Crippen LogP) is 1.45. The normalized spacial score (nSPS) is 19.9. The summed E-state index contributed by atoms with van der Waals surface area (Å²) in [6.07, 6.45) is 6.73. The lowest BCUT2D eigenvalue weighted by Gasteiger charge is -1.97. The van der Waals surface area contributed by atoms with Crippen molar-refractivity contribution in [2.75, 3.05) is 0 Å². The fourth-order valence-electron chi connectivity index (χ4n) is 0.493. The molecule has 0 bridgehead atoms. The zero-order valence-corrected chi connectivity index (χ0v) is 5.76. The number of allylic oxidation sites excluding steroid dienone is 4. The van der Waals surface area contributed by atoms with Crippen molar-refractivity contribution in [2.45, 2.75) is 4.83 Å². The lowest BCUT2D eigenvalue weighted by Crippen LogP contribution is -1.97. The Bertz CT molecular complexity index is 142. The molecule has 0 aromatic carbocycles. The molecular weight excluding hydrogens is 168 g/mol. The molecule has 0 atom stereocenters. The van der Waals surface area contributed by atoms with Crippen LogP contribution in [0.1, 0.15) is 0 Å². The fourth-order valence-corrected chi connectivity index (χ4v) is 0.798. The molecule has 1 nitrogen and oxygen atoms in total. The minimum absolute atomic E-state index is 0.0701. The molecule has 1 rings (SSSR count). The summed E-state index contributed by atoms with van der Waals surface area (Å²) in [4.78, 5) is 10.7. The highest BCUT2D eigenvalue weighted by molar-refractivity contribution is 9.09. The zero-order valence-electron chi connectivity index (χ0n) is 4.17. The van der Waals surface area contributed by atoms with Crippen molar-refractivity contribution >= 4 is 21.7 Å². The van der Waals surface area contributed by atoms with E-state index in [1.54, 1.807) is 12.2 Å². The molecule has 0 aliphatic heterocycles. The van der Waals surface area contributed by atoms with Gasteiger partial charge in [0.15, 0.2) is 5.78 Å². The molecule has 0 N–H and O–H groups in total. The molecular formula is C6H5BrO. The number of alkyl halides is 1. The second kappa shape index (κ2) is 2.27. The summed E-state index contributed by atoms with van der Waals surface area (Å²) in [6, 6.07) is 0. The highest BCUT2D eigenvalue weighted by atomic mass is 79.9. The Kier molecular flexibility index (Phi) is 1.63. The van der Waals surface area contributed by atoms with E-state index < -0.39 is 0 Å². The monoisotopic (exact) mass is 172 g/mol. The maximum absolute atomic E-state index is 10.4. The van der Waals surface area contributed by atoms with Gasteiger partial charge in [-0.3, -0.25) is 4.79 Å². The van der Waals surface area contributed by atoms with E-state index in [1.165, 1.54) is 0 Å². The molecule has 1 aliphatic rings. The Hall–Kier alpha value is -0.370. The first-order valence-corrected chi connectivity index (χ1v) is 3.25. The topological polar surface area (TPSA) is 17.1 Å². The summed E-state index contributed by atoms with van der Waals surface area (Å²) in [5.74, 6) is 0.0701. The van der Waals surface area contributed by atoms with Crippen LogP contribution in [0.5, 0.6) is 0 Å². The lowest BCUT2D eigenvalue weighted by atomic mass is 10.2. The minimum Gasteiger partial charge on any atom is -0.290 e. The van der Waals surface area contributed by atoms with Gasteiger partial charge in [-0.15, -0.1) is 0 Å². The molecule has 0 aromatic heterocycles. The highest BCUT2D eigenvalue weighted by Gasteiger charge is 1.99. The van der Waals surface area contributed by atoms with Crippen LogP contribution in [-0.2, 0) is 4.79 Å². The van der Waals surface area contributed by atoms with Gasteiger partial charge in [-0.05, 0) is 12.2 Å². The van der Waals surface area contributed by atoms with Crippen molar-refractivity contribution in [3.8, 4) is 0 Å². The van der Waals surface area contributed by atoms with E-state index in [0.717, 1.165) is 0 Å². The number of hydrogen-bond acceptors (Lipinski definition) is 1. The van der Waals surface area contributed by atoms with Crippen molar-refractivity contribution in [3.05, 3.63) is 24.3 Å². The zero-order chi connectivity index (χ0) is 5.98. The van der Waals surface area contributed by atoms with Crippen LogP contribution in [0, 0.1) is 0 Å². The summed E-state index contributed by atoms with van der Waals surface area (Å²) in [7, 11) is 0. The second-order valence-electron chi connectivity index (χ2n) is 1.57. The standard InChI is InChI=1S/C6H5BrO/c7-5-1-3-6(8)4-2-5/h1-5H. The van der Waals surface area contributed by atoms with Crippen LogP contribution >= 0.6 is 15.9 Å². The Morgan fingerprint density at radius 1 is 1.38 bits per heavy atom. The van der Waals surface area contributed by atoms with Crippen molar-refractivity contribution in [1.82, 2.24) is 0 Å². The number of carbonyl (C=O) groups excluding carboxylic acids is 1. The van der Waals surface area contributed by atoms with Gasteiger partial charge in [0.05, 0.1) is 4.83 Å². The number of rotatable bonds is 0. The van der Waals surface area contributed by atoms with Gasteiger partial charge in [0.25, 0.3) is 0 Å². The van der Waals surface area contributed by atoms with E-state index in [-0.39, 0.29) is 10.6 Å². The first kappa shape index (κ1) is 5.76. The fraction of sp³-hybridized carbons (Fsp3) is 0.167. The third kappa shape index (κ3) is 1.30. The van der Waals surface area contributed by atoms with Crippen LogP contribution < -0.4 is 0 Å². The van der Waals surface area contributed by atoms with Gasteiger partial charge in [-0.2, -0.15) is 0 Å². The molecule has 0 heterocycles. The second-order valence-corrected chi connectivity index (χ2v) is 2.62. The average molecular weight is 173 g/mol. The summed E-state index contributed by atoms with van der Waals surface area (Å²) >= 11 is 3.29. The predicted molar refractivity (Wildman–Crippen MR) is 36.0 cm³/mol. The average Bonchev–Trinajstić information content (AvgIpc) is 1.77. The molecule has 1 aliphatic carbocycles. The summed E-state index contributed by atoms with van der Waals surface area (Å²) < 4.78 is 0. The van der Waals surface area contributed by atoms with E-state index in [2.05, 4.69) is 15.9 Å². The van der Waals surface area contributed by atoms with E-state index in [0.29, 0.717) is 0 Å². The number of ketones is 1. The summed E-state index contributed by atoms with van der Waals surface area (Å²) in [5, 5.41) is 0. The van der Waals surface area contributed by atoms with Gasteiger partial charge >= 0.3 is 0 Å². The third-order valence-corrected chi connectivity index (χ3v) is 1.50. The highest BCUT2D eigenvalue weighted by Crippen LogP contribution is 2.07. The molecule has 2 heteroatoms. The van der Waals surface area contributed by atoms with Crippen LogP contribution in [0.3, 0.4) is 0 Å². The summed E-state index contributed by atoms with van der Waals surface area (Å²) in [5.41, 5.74) is 0. The van der Waals surface area contributed by atoms with Crippen molar-refractivity contribution in [1.29, 1.82) is 0 Å². The van der Waals surface area contributed by atoms with E-state index >= 15 is 0 Å². The van der Waals surface area contributed by atoms with Crippen molar-refractivity contribution < 1.29 is 4.79 Å². The Morgan fingerprint density at radius 3 is 2.25 bits per heavy atom. The van der Waals surface area contributed by atoms with Crippen molar-refractivity contribution in [3.63, 3.8) is 0 Å². The molecule has 42 valence electrons. The maximum Gasteiger partial charge on any atom is 0.178 e. The molecule has 0 unspecified atom stereocenters. The van der Waals surface area contributed by atoms with E-state index in [4.69, 9.17) is 0 Å². The molecule has 0 saturated carbocycles. The first-order valence-electron chi connectivity index (χ1n) is 2.33. The van der Waals surface area contributed by atoms with Gasteiger partial charge < -0.3 is 0 Å². The quantitative estimate of drug-likeness (QED) is 0.506. The van der Waals surface area contributed by atoms with E-state index in [9.17, 15) is 4.79 Å². The van der Waals surface area contributed by atoms with E-state index in [1.807, 2.05) is 12.2 Å². The van der Waals surface area contributed by atoms with Gasteiger partial charge in [-0.1, -0.05) is 28.1 Å². The van der Waals surface area contributed by atoms with Gasteiger partial charge in [0.1, 0.15) is 0 Å². The SMILES string of the molecule is O=C1C=CC(Br)C=C1. The van der Waals surface area contributed by atoms with Crippen LogP contribution in [0.2, 0.25) is 0 Å². The third-order valence-electron chi connectivity index (χ3n) is 0.889.